The third-order valence-corrected chi connectivity index (χ3v) is 7.07. The summed E-state index contributed by atoms with van der Waals surface area (Å²) in [7, 11) is 0. The average Bonchev–Trinajstić information content (AvgIpc) is 2.92. The molecule has 3 aromatic carbocycles. The van der Waals surface area contributed by atoms with E-state index in [-0.39, 0.29) is 31.8 Å². The summed E-state index contributed by atoms with van der Waals surface area (Å²) in [6.07, 6.45) is -10.2. The van der Waals surface area contributed by atoms with Gasteiger partial charge in [0.15, 0.2) is 12.1 Å². The van der Waals surface area contributed by atoms with Crippen molar-refractivity contribution in [1.82, 2.24) is 0 Å². The smallest absolute Gasteiger partial charge is 0.396 e. The van der Waals surface area contributed by atoms with Gasteiger partial charge in [-0.15, -0.1) is 0 Å². The van der Waals surface area contributed by atoms with Gasteiger partial charge >= 0.3 is 12.4 Å². The number of aliphatic hydroxyl groups excluding tert-OH is 1. The molecule has 0 saturated carbocycles. The Morgan fingerprint density at radius 1 is 0.825 bits per heavy atom. The van der Waals surface area contributed by atoms with E-state index in [9.17, 15) is 31.4 Å². The first kappa shape index (κ1) is 30.0. The van der Waals surface area contributed by atoms with Gasteiger partial charge in [0.05, 0.1) is 24.3 Å². The summed E-state index contributed by atoms with van der Waals surface area (Å²) in [5, 5.41) is 9.68. The Bertz CT molecular complexity index is 1200. The number of ether oxygens (including phenoxy) is 3. The highest BCUT2D eigenvalue weighted by atomic mass is 19.4. The monoisotopic (exact) mass is 568 g/mol. The molecule has 0 radical (unpaired) electrons. The number of aliphatic hydroxyl groups is 1. The van der Waals surface area contributed by atoms with Crippen LogP contribution in [-0.4, -0.2) is 24.6 Å². The molecule has 0 amide bonds. The van der Waals surface area contributed by atoms with Crippen LogP contribution in [0, 0.1) is 5.92 Å². The zero-order valence-electron chi connectivity index (χ0n) is 21.7. The Balaban J connectivity index is 1.80. The van der Waals surface area contributed by atoms with Gasteiger partial charge in [0.25, 0.3) is 0 Å². The van der Waals surface area contributed by atoms with Crippen molar-refractivity contribution >= 4 is 0 Å². The molecule has 1 saturated heterocycles. The van der Waals surface area contributed by atoms with Crippen LogP contribution in [0.1, 0.15) is 53.5 Å². The number of halogens is 6. The van der Waals surface area contributed by atoms with E-state index in [1.165, 1.54) is 6.92 Å². The molecular formula is C30H30F6O4. The molecule has 1 aliphatic heterocycles. The van der Waals surface area contributed by atoms with E-state index in [0.29, 0.717) is 30.5 Å². The van der Waals surface area contributed by atoms with E-state index < -0.39 is 47.0 Å². The van der Waals surface area contributed by atoms with Crippen LogP contribution in [0.4, 0.5) is 26.3 Å². The van der Waals surface area contributed by atoms with Gasteiger partial charge in [0, 0.05) is 18.1 Å². The lowest BCUT2D eigenvalue weighted by Gasteiger charge is -2.43. The van der Waals surface area contributed by atoms with Crippen molar-refractivity contribution < 1.29 is 45.7 Å². The van der Waals surface area contributed by atoms with Crippen molar-refractivity contribution in [3.05, 3.63) is 107 Å². The fourth-order valence-electron chi connectivity index (χ4n) is 4.96. The van der Waals surface area contributed by atoms with Crippen LogP contribution in [0.3, 0.4) is 0 Å². The molecule has 4 nitrogen and oxygen atoms in total. The lowest BCUT2D eigenvalue weighted by molar-refractivity contribution is -0.330. The molecule has 40 heavy (non-hydrogen) atoms. The maximum atomic E-state index is 13.8. The van der Waals surface area contributed by atoms with Gasteiger partial charge in [-0.1, -0.05) is 60.7 Å². The Labute approximate surface area is 228 Å². The van der Waals surface area contributed by atoms with E-state index in [1.807, 2.05) is 30.3 Å². The van der Waals surface area contributed by atoms with Crippen molar-refractivity contribution in [2.45, 2.75) is 56.7 Å². The van der Waals surface area contributed by atoms with Crippen LogP contribution in [-0.2, 0) is 39.0 Å². The molecule has 0 bridgehead atoms. The number of hydrogen-bond acceptors (Lipinski definition) is 4. The zero-order valence-corrected chi connectivity index (χ0v) is 21.7. The van der Waals surface area contributed by atoms with Crippen LogP contribution < -0.4 is 0 Å². The minimum atomic E-state index is -5.05. The highest BCUT2D eigenvalue weighted by molar-refractivity contribution is 5.36. The minimum absolute atomic E-state index is 0.0717. The summed E-state index contributed by atoms with van der Waals surface area (Å²) in [6, 6.07) is 19.1. The van der Waals surface area contributed by atoms with Crippen LogP contribution >= 0.6 is 0 Å². The van der Waals surface area contributed by atoms with Gasteiger partial charge in [-0.3, -0.25) is 0 Å². The van der Waals surface area contributed by atoms with E-state index in [2.05, 4.69) is 0 Å². The molecule has 0 aliphatic carbocycles. The lowest BCUT2D eigenvalue weighted by atomic mass is 9.80. The Morgan fingerprint density at radius 3 is 1.93 bits per heavy atom. The van der Waals surface area contributed by atoms with Crippen LogP contribution in [0.5, 0.6) is 0 Å². The van der Waals surface area contributed by atoms with Gasteiger partial charge in [-0.05, 0) is 55.0 Å². The standard InChI is InChI=1S/C30H30F6O4/c1-28(39-19-20-8-4-2-5-9-20,23-16-24(29(31,32)33)18-25(17-23)30(34,35)36)40-27-26(21-10-6-3-7-11-21)22(12-14-37)13-15-38-27/h2-11,16-18,22,26-27,37H,12-15,19H2,1H3/t22-,26+,27?,28?/m0/s1. The first-order valence-electron chi connectivity index (χ1n) is 12.8. The van der Waals surface area contributed by atoms with E-state index in [0.717, 1.165) is 5.56 Å². The molecule has 1 fully saturated rings. The Morgan fingerprint density at radius 2 is 1.38 bits per heavy atom. The molecule has 4 atom stereocenters. The molecular weight excluding hydrogens is 538 g/mol. The van der Waals surface area contributed by atoms with Gasteiger partial charge in [0.1, 0.15) is 0 Å². The van der Waals surface area contributed by atoms with Gasteiger partial charge in [0.2, 0.25) is 0 Å². The fraction of sp³-hybridized carbons (Fsp3) is 0.400. The molecule has 3 aromatic rings. The highest BCUT2D eigenvalue weighted by Gasteiger charge is 2.44. The first-order valence-corrected chi connectivity index (χ1v) is 12.8. The lowest BCUT2D eigenvalue weighted by Crippen LogP contribution is -2.43. The second-order valence-corrected chi connectivity index (χ2v) is 9.87. The van der Waals surface area contributed by atoms with Crippen molar-refractivity contribution in [2.24, 2.45) is 5.92 Å². The summed E-state index contributed by atoms with van der Waals surface area (Å²) in [6.45, 7) is 1.26. The number of hydrogen-bond donors (Lipinski definition) is 1. The molecule has 0 aromatic heterocycles. The Kier molecular flexibility index (Phi) is 9.24. The van der Waals surface area contributed by atoms with Gasteiger partial charge in [-0.2, -0.15) is 26.3 Å². The number of alkyl halides is 6. The van der Waals surface area contributed by atoms with Crippen molar-refractivity contribution in [3.8, 4) is 0 Å². The van der Waals surface area contributed by atoms with E-state index in [4.69, 9.17) is 14.2 Å². The first-order chi connectivity index (χ1) is 18.9. The van der Waals surface area contributed by atoms with Crippen molar-refractivity contribution in [3.63, 3.8) is 0 Å². The maximum Gasteiger partial charge on any atom is 0.416 e. The molecule has 2 unspecified atom stereocenters. The normalized spacial score (nSPS) is 21.6. The predicted octanol–water partition coefficient (Wildman–Crippen LogP) is 7.66. The maximum absolute atomic E-state index is 13.8. The topological polar surface area (TPSA) is 47.9 Å². The Hall–Kier alpha value is -2.92. The highest BCUT2D eigenvalue weighted by Crippen LogP contribution is 2.44. The van der Waals surface area contributed by atoms with Gasteiger partial charge in [-0.25, -0.2) is 0 Å². The minimum Gasteiger partial charge on any atom is -0.396 e. The molecule has 1 aliphatic rings. The van der Waals surface area contributed by atoms with Crippen LogP contribution in [0.25, 0.3) is 0 Å². The second kappa shape index (κ2) is 12.3. The number of rotatable bonds is 9. The van der Waals surface area contributed by atoms with E-state index >= 15 is 0 Å². The van der Waals surface area contributed by atoms with Crippen molar-refractivity contribution in [1.29, 1.82) is 0 Å². The second-order valence-electron chi connectivity index (χ2n) is 9.87. The third kappa shape index (κ3) is 7.23. The van der Waals surface area contributed by atoms with Crippen molar-refractivity contribution in [2.75, 3.05) is 13.2 Å². The summed E-state index contributed by atoms with van der Waals surface area (Å²) in [5.41, 5.74) is -1.96. The molecule has 1 heterocycles. The van der Waals surface area contributed by atoms with E-state index in [1.54, 1.807) is 30.3 Å². The quantitative estimate of drug-likeness (QED) is 0.213. The third-order valence-electron chi connectivity index (χ3n) is 7.07. The molecule has 4 rings (SSSR count). The molecule has 216 valence electrons. The number of benzene rings is 3. The van der Waals surface area contributed by atoms with Crippen LogP contribution in [0.2, 0.25) is 0 Å². The summed E-state index contributed by atoms with van der Waals surface area (Å²) < 4.78 is 101. The summed E-state index contributed by atoms with van der Waals surface area (Å²) in [5.74, 6) is -2.65. The fourth-order valence-corrected chi connectivity index (χ4v) is 4.96. The molecule has 1 N–H and O–H groups in total. The van der Waals surface area contributed by atoms with Crippen LogP contribution in [0.15, 0.2) is 78.9 Å². The molecule has 0 spiro atoms. The summed E-state index contributed by atoms with van der Waals surface area (Å²) in [4.78, 5) is 0. The zero-order chi connectivity index (χ0) is 29.0. The summed E-state index contributed by atoms with van der Waals surface area (Å²) >= 11 is 0. The van der Waals surface area contributed by atoms with Gasteiger partial charge < -0.3 is 19.3 Å². The average molecular weight is 569 g/mol. The largest absolute Gasteiger partial charge is 0.416 e. The predicted molar refractivity (Wildman–Crippen MR) is 135 cm³/mol. The molecule has 10 heteroatoms. The SMILES string of the molecule is CC(OCc1ccccc1)(OC1OCC[C@H](CCO)[C@H]1c1ccccc1)c1cc(C(F)(F)F)cc(C(F)(F)F)c1.